The van der Waals surface area contributed by atoms with Crippen LogP contribution in [0.5, 0.6) is 0 Å². The fraction of sp³-hybridized carbons (Fsp3) is 0.792. The lowest BCUT2D eigenvalue weighted by atomic mass is 9.68. The lowest BCUT2D eigenvalue weighted by Crippen LogP contribution is -2.62. The van der Waals surface area contributed by atoms with E-state index in [1.54, 1.807) is 33.9 Å². The van der Waals surface area contributed by atoms with E-state index in [4.69, 9.17) is 23.7 Å². The highest BCUT2D eigenvalue weighted by Crippen LogP contribution is 2.45. The van der Waals surface area contributed by atoms with Crippen molar-refractivity contribution in [2.24, 2.45) is 23.7 Å². The van der Waals surface area contributed by atoms with Gasteiger partial charge >= 0.3 is 5.97 Å². The third kappa shape index (κ3) is 13.5. The number of methoxy groups -OCH3 is 1. The molecule has 3 aliphatic rings. The number of cyclic esters (lactones) is 1. The first kappa shape index (κ1) is 57.8. The Morgan fingerprint density at radius 1 is 0.972 bits per heavy atom. The predicted octanol–water partition coefficient (Wildman–Crippen LogP) is 4.12. The molecule has 3 aromatic heterocycles. The lowest BCUT2D eigenvalue weighted by molar-refractivity contribution is -0.302. The fourth-order valence-electron chi connectivity index (χ4n) is 11.9. The summed E-state index contributed by atoms with van der Waals surface area (Å²) in [4.78, 5) is 27.4. The van der Waals surface area contributed by atoms with E-state index < -0.39 is 95.6 Å². The molecular weight excluding hydrogens is 925 g/mol. The van der Waals surface area contributed by atoms with Crippen LogP contribution >= 0.6 is 0 Å². The highest BCUT2D eigenvalue weighted by atomic mass is 16.7. The van der Waals surface area contributed by atoms with E-state index in [0.717, 1.165) is 42.9 Å². The zero-order chi connectivity index (χ0) is 52.9. The van der Waals surface area contributed by atoms with Gasteiger partial charge in [-0.1, -0.05) is 32.9 Å². The standard InChI is InChI=1S/C53H88N8O11/c1-14-43-53(10,67)46(63)36(6)59(12)28-32(2)25-51(8,66)48(34(4)44(35(5)49(65)71-43)42-26-52(9,68-13)47(64)37(7)70-42)72-50-45(62)41(24-33(3)69-50)58(11)23-19-39-29-61(57-56-39)22-16-15-21-60-30-40(55-31-60)38-18-17-20-54-27-38/h17-18,20,27,29-37,41-48,50,62-64,66-67H,14-16,19,21-26,28H2,1-13H3/t32-,33-,34+,35-,36-,37+,41+,42?,43-,44+,45-,46-,47+,48-,50+,51-,52-,53-/m1/s1. The second-order valence-corrected chi connectivity index (χ2v) is 22.4. The molecule has 1 unspecified atom stereocenters. The molecule has 19 heteroatoms. The van der Waals surface area contributed by atoms with Crippen LogP contribution in [0.3, 0.4) is 0 Å². The van der Waals surface area contributed by atoms with Crippen LogP contribution in [0.4, 0.5) is 0 Å². The molecule has 3 saturated heterocycles. The average Bonchev–Trinajstić information content (AvgIpc) is 4.02. The number of aliphatic hydroxyl groups is 5. The van der Waals surface area contributed by atoms with Crippen LogP contribution in [0.2, 0.25) is 0 Å². The van der Waals surface area contributed by atoms with E-state index in [-0.39, 0.29) is 37.3 Å². The third-order valence-electron chi connectivity index (χ3n) is 16.4. The van der Waals surface area contributed by atoms with Crippen molar-refractivity contribution in [1.29, 1.82) is 0 Å². The van der Waals surface area contributed by atoms with E-state index in [1.165, 1.54) is 14.0 Å². The van der Waals surface area contributed by atoms with E-state index in [2.05, 4.69) is 29.7 Å². The Kier molecular flexibility index (Phi) is 19.6. The molecule has 406 valence electrons. The summed E-state index contributed by atoms with van der Waals surface area (Å²) < 4.78 is 36.2. The number of aryl methyl sites for hydroxylation is 2. The lowest BCUT2D eigenvalue weighted by Gasteiger charge is -2.51. The number of esters is 1. The maximum Gasteiger partial charge on any atom is 0.309 e. The molecule has 0 radical (unpaired) electrons. The topological polar surface area (TPSA) is 232 Å². The van der Waals surface area contributed by atoms with E-state index in [1.807, 2.05) is 95.3 Å². The van der Waals surface area contributed by atoms with Gasteiger partial charge in [0.1, 0.15) is 30.0 Å². The summed E-state index contributed by atoms with van der Waals surface area (Å²) in [5.41, 5.74) is -1.71. The summed E-state index contributed by atoms with van der Waals surface area (Å²) in [5, 5.41) is 69.0. The number of nitrogens with zero attached hydrogens (tertiary/aromatic N) is 8. The van der Waals surface area contributed by atoms with Crippen molar-refractivity contribution in [3.8, 4) is 11.3 Å². The molecule has 0 saturated carbocycles. The van der Waals surface area contributed by atoms with Crippen LogP contribution < -0.4 is 0 Å². The maximum atomic E-state index is 14.6. The number of imidazole rings is 1. The van der Waals surface area contributed by atoms with Crippen molar-refractivity contribution in [2.45, 2.75) is 211 Å². The van der Waals surface area contributed by atoms with Gasteiger partial charge in [0.2, 0.25) is 0 Å². The summed E-state index contributed by atoms with van der Waals surface area (Å²) in [5.74, 6) is -3.09. The highest BCUT2D eigenvalue weighted by Gasteiger charge is 2.55. The molecule has 6 rings (SSSR count). The summed E-state index contributed by atoms with van der Waals surface area (Å²) in [6.45, 7) is 20.6. The molecular formula is C53H88N8O11. The molecule has 0 amide bonds. The van der Waals surface area contributed by atoms with Gasteiger partial charge in [-0.05, 0) is 112 Å². The highest BCUT2D eigenvalue weighted by molar-refractivity contribution is 5.73. The summed E-state index contributed by atoms with van der Waals surface area (Å²) >= 11 is 0. The Hall–Kier alpha value is -3.47. The Balaban J connectivity index is 1.20. The largest absolute Gasteiger partial charge is 0.459 e. The molecule has 3 fully saturated rings. The van der Waals surface area contributed by atoms with Gasteiger partial charge < -0.3 is 63.6 Å². The molecule has 72 heavy (non-hydrogen) atoms. The molecule has 0 spiro atoms. The second-order valence-electron chi connectivity index (χ2n) is 22.4. The summed E-state index contributed by atoms with van der Waals surface area (Å²) in [6, 6.07) is 2.97. The van der Waals surface area contributed by atoms with Crippen LogP contribution in [0.15, 0.2) is 43.2 Å². The molecule has 0 aliphatic carbocycles. The number of ether oxygens (including phenoxy) is 5. The molecule has 0 bridgehead atoms. The number of carbonyl (C=O) groups is 1. The summed E-state index contributed by atoms with van der Waals surface area (Å²) in [6.07, 6.45) is 4.68. The monoisotopic (exact) mass is 1010 g/mol. The Morgan fingerprint density at radius 3 is 2.38 bits per heavy atom. The number of aromatic nitrogens is 6. The Bertz CT molecular complexity index is 2140. The fourth-order valence-corrected chi connectivity index (χ4v) is 11.9. The van der Waals surface area contributed by atoms with Crippen LogP contribution in [-0.2, 0) is 48.0 Å². The van der Waals surface area contributed by atoms with Crippen LogP contribution in [0, 0.1) is 23.7 Å². The maximum absolute atomic E-state index is 14.6. The minimum Gasteiger partial charge on any atom is -0.459 e. The van der Waals surface area contributed by atoms with Crippen molar-refractivity contribution in [3.63, 3.8) is 0 Å². The average molecular weight is 1010 g/mol. The number of likely N-dealkylation sites (N-methyl/N-ethyl adjacent to an activating group) is 2. The number of carbonyl (C=O) groups excluding carboxylic acids is 1. The zero-order valence-electron chi connectivity index (χ0n) is 45.2. The van der Waals surface area contributed by atoms with E-state index in [9.17, 15) is 30.3 Å². The number of rotatable bonds is 15. The van der Waals surface area contributed by atoms with Gasteiger partial charge in [0, 0.05) is 94.5 Å². The Morgan fingerprint density at radius 2 is 1.69 bits per heavy atom. The molecule has 6 heterocycles. The first-order valence-corrected chi connectivity index (χ1v) is 26.3. The number of pyridine rings is 1. The van der Waals surface area contributed by atoms with E-state index in [0.29, 0.717) is 25.9 Å². The molecule has 3 aromatic rings. The van der Waals surface area contributed by atoms with Crippen LogP contribution in [-0.4, -0.2) is 189 Å². The zero-order valence-corrected chi connectivity index (χ0v) is 45.2. The number of unbranched alkanes of at least 4 members (excludes halogenated alkanes) is 1. The molecule has 3 aliphatic heterocycles. The van der Waals surface area contributed by atoms with Gasteiger partial charge in [-0.3, -0.25) is 14.5 Å². The van der Waals surface area contributed by atoms with Crippen molar-refractivity contribution >= 4 is 5.97 Å². The van der Waals surface area contributed by atoms with Gasteiger partial charge in [-0.2, -0.15) is 0 Å². The first-order valence-electron chi connectivity index (χ1n) is 26.3. The van der Waals surface area contributed by atoms with Crippen molar-refractivity contribution in [2.75, 3.05) is 34.3 Å². The minimum atomic E-state index is -1.81. The van der Waals surface area contributed by atoms with E-state index >= 15 is 0 Å². The van der Waals surface area contributed by atoms with Crippen LogP contribution in [0.1, 0.15) is 113 Å². The van der Waals surface area contributed by atoms with Crippen molar-refractivity contribution < 1.29 is 54.0 Å². The molecule has 19 nitrogen and oxygen atoms in total. The number of hydrogen-bond donors (Lipinski definition) is 5. The predicted molar refractivity (Wildman–Crippen MR) is 270 cm³/mol. The van der Waals surface area contributed by atoms with Gasteiger partial charge in [-0.25, -0.2) is 4.98 Å². The van der Waals surface area contributed by atoms with Gasteiger partial charge in [0.05, 0.1) is 59.3 Å². The van der Waals surface area contributed by atoms with Gasteiger partial charge in [0.15, 0.2) is 6.29 Å². The molecule has 5 N–H and O–H groups in total. The second kappa shape index (κ2) is 24.5. The summed E-state index contributed by atoms with van der Waals surface area (Å²) in [7, 11) is 5.36. The third-order valence-corrected chi connectivity index (χ3v) is 16.4. The normalized spacial score (nSPS) is 39.1. The van der Waals surface area contributed by atoms with Crippen LogP contribution in [0.25, 0.3) is 11.3 Å². The molecule has 0 aromatic carbocycles. The smallest absolute Gasteiger partial charge is 0.309 e. The molecule has 18 atom stereocenters. The SMILES string of the molecule is CC[C@H]1OC(=O)[C@H](C)[C@@H](C2C[C@@](C)(OC)[C@@H](O)[C@H](C)O2)[C@H](C)[C@@H](O[C@@H]2O[C@H](C)C[C@H](N(C)CCc3cn(CCCCn4cnc(-c5cccnc5)c4)nn3)[C@H]2O)[C@](C)(O)C[C@@H](C)CN(C)[C@H](C)[C@@H](O)[C@]1(C)O. The van der Waals surface area contributed by atoms with Gasteiger partial charge in [0.25, 0.3) is 0 Å². The number of hydrogen-bond acceptors (Lipinski definition) is 17. The number of aliphatic hydroxyl groups excluding tert-OH is 3. The minimum absolute atomic E-state index is 0.163. The van der Waals surface area contributed by atoms with Crippen molar-refractivity contribution in [1.82, 2.24) is 39.3 Å². The first-order chi connectivity index (χ1) is 33.9. The van der Waals surface area contributed by atoms with Gasteiger partial charge in [-0.15, -0.1) is 5.10 Å². The Labute approximate surface area is 427 Å². The van der Waals surface area contributed by atoms with Crippen molar-refractivity contribution in [3.05, 3.63) is 48.9 Å². The quantitative estimate of drug-likeness (QED) is 0.106.